The Bertz CT molecular complexity index is 1420. The van der Waals surface area contributed by atoms with E-state index in [0.29, 0.717) is 17.4 Å². The topological polar surface area (TPSA) is 125 Å². The average molecular weight is 426 g/mol. The van der Waals surface area contributed by atoms with Crippen molar-refractivity contribution >= 4 is 23.3 Å². The molecule has 0 atom stereocenters. The number of aromatic nitrogens is 7. The van der Waals surface area contributed by atoms with Gasteiger partial charge >= 0.3 is 5.97 Å². The lowest BCUT2D eigenvalue weighted by molar-refractivity contribution is 0.0689. The smallest absolute Gasteiger partial charge is 0.354 e. The third kappa shape index (κ3) is 3.23. The second kappa shape index (κ2) is 7.58. The molecule has 0 fully saturated rings. The van der Waals surface area contributed by atoms with Gasteiger partial charge in [0.2, 0.25) is 5.78 Å². The first-order valence-electron chi connectivity index (χ1n) is 9.78. The van der Waals surface area contributed by atoms with Crippen molar-refractivity contribution in [2.45, 2.75) is 6.92 Å². The van der Waals surface area contributed by atoms with E-state index in [-0.39, 0.29) is 5.69 Å². The van der Waals surface area contributed by atoms with Gasteiger partial charge in [-0.2, -0.15) is 0 Å². The van der Waals surface area contributed by atoms with Gasteiger partial charge in [0.25, 0.3) is 0 Å². The number of aromatic amines is 1. The second-order valence-electron chi connectivity index (χ2n) is 7.24. The molecule has 158 valence electrons. The van der Waals surface area contributed by atoms with E-state index in [1.807, 2.05) is 73.5 Å². The number of carboxylic acid groups (broad SMARTS) is 1. The minimum Gasteiger partial charge on any atom is -0.477 e. The highest BCUT2D eigenvalue weighted by molar-refractivity contribution is 5.87. The summed E-state index contributed by atoms with van der Waals surface area (Å²) < 4.78 is 1.54. The summed E-state index contributed by atoms with van der Waals surface area (Å²) in [5.74, 6) is 0.531. The van der Waals surface area contributed by atoms with Gasteiger partial charge in [0.15, 0.2) is 11.5 Å². The Hall–Kier alpha value is -4.60. The van der Waals surface area contributed by atoms with E-state index in [1.165, 1.54) is 10.6 Å². The van der Waals surface area contributed by atoms with Crippen molar-refractivity contribution in [2.75, 3.05) is 11.9 Å². The van der Waals surface area contributed by atoms with Gasteiger partial charge in [0, 0.05) is 30.1 Å². The summed E-state index contributed by atoms with van der Waals surface area (Å²) in [6.45, 7) is 1.85. The number of fused-ring (bicyclic) bond motifs is 1. The Morgan fingerprint density at radius 1 is 1.09 bits per heavy atom. The number of aryl methyl sites for hydroxylation is 1. The van der Waals surface area contributed by atoms with E-state index in [0.717, 1.165) is 28.1 Å². The van der Waals surface area contributed by atoms with Crippen LogP contribution in [0.5, 0.6) is 0 Å². The van der Waals surface area contributed by atoms with Gasteiger partial charge in [0.1, 0.15) is 5.82 Å². The summed E-state index contributed by atoms with van der Waals surface area (Å²) in [7, 11) is 1.88. The summed E-state index contributed by atoms with van der Waals surface area (Å²) in [6.07, 6.45) is 1.32. The number of H-pyrrole nitrogens is 1. The number of imidazole rings is 1. The summed E-state index contributed by atoms with van der Waals surface area (Å²) in [5.41, 5.74) is 4.57. The number of nitrogens with zero attached hydrogens (tertiary/aromatic N) is 7. The first kappa shape index (κ1) is 19.4. The molecule has 10 heteroatoms. The minimum absolute atomic E-state index is 0.0561. The van der Waals surface area contributed by atoms with Crippen LogP contribution in [-0.2, 0) is 0 Å². The predicted molar refractivity (Wildman–Crippen MR) is 118 cm³/mol. The molecule has 0 radical (unpaired) electrons. The Morgan fingerprint density at radius 2 is 1.84 bits per heavy atom. The molecule has 0 saturated heterocycles. The van der Waals surface area contributed by atoms with E-state index in [9.17, 15) is 9.90 Å². The Labute approximate surface area is 182 Å². The van der Waals surface area contributed by atoms with Crippen LogP contribution in [0.1, 0.15) is 16.2 Å². The van der Waals surface area contributed by atoms with E-state index in [2.05, 4.69) is 30.6 Å². The largest absolute Gasteiger partial charge is 0.477 e. The number of aromatic carboxylic acids is 1. The molecule has 0 aliphatic rings. The minimum atomic E-state index is -1.06. The van der Waals surface area contributed by atoms with Gasteiger partial charge in [-0.05, 0) is 40.6 Å². The molecule has 3 aromatic heterocycles. The average Bonchev–Trinajstić information content (AvgIpc) is 3.48. The van der Waals surface area contributed by atoms with E-state index < -0.39 is 5.97 Å². The highest BCUT2D eigenvalue weighted by atomic mass is 16.4. The van der Waals surface area contributed by atoms with Crippen LogP contribution in [0, 0.1) is 6.92 Å². The van der Waals surface area contributed by atoms with Gasteiger partial charge in [-0.25, -0.2) is 19.9 Å². The molecular formula is C22H18N8O2. The van der Waals surface area contributed by atoms with Crippen LogP contribution in [-0.4, -0.2) is 53.1 Å². The number of hydrogen-bond donors (Lipinski definition) is 2. The Morgan fingerprint density at radius 3 is 2.53 bits per heavy atom. The number of nitrogens with one attached hydrogen (secondary N) is 1. The van der Waals surface area contributed by atoms with Gasteiger partial charge in [-0.3, -0.25) is 4.40 Å². The van der Waals surface area contributed by atoms with Gasteiger partial charge in [-0.1, -0.05) is 36.4 Å². The third-order valence-corrected chi connectivity index (χ3v) is 5.24. The van der Waals surface area contributed by atoms with Crippen molar-refractivity contribution in [3.8, 4) is 22.5 Å². The number of tetrazole rings is 1. The summed E-state index contributed by atoms with van der Waals surface area (Å²) >= 11 is 0. The first-order valence-corrected chi connectivity index (χ1v) is 9.78. The highest BCUT2D eigenvalue weighted by Crippen LogP contribution is 2.32. The van der Waals surface area contributed by atoms with Gasteiger partial charge in [0.05, 0.1) is 6.20 Å². The fourth-order valence-electron chi connectivity index (χ4n) is 3.70. The third-order valence-electron chi connectivity index (χ3n) is 5.24. The lowest BCUT2D eigenvalue weighted by atomic mass is 9.99. The number of hydrogen-bond acceptors (Lipinski definition) is 7. The molecule has 3 heterocycles. The van der Waals surface area contributed by atoms with Crippen molar-refractivity contribution in [1.82, 2.24) is 35.0 Å². The molecule has 5 rings (SSSR count). The van der Waals surface area contributed by atoms with Crippen LogP contribution in [0.25, 0.3) is 28.3 Å². The molecule has 2 N–H and O–H groups in total. The lowest BCUT2D eigenvalue weighted by Crippen LogP contribution is -2.16. The molecule has 10 nitrogen and oxygen atoms in total. The fraction of sp³-hybridized carbons (Fsp3) is 0.0909. The number of carboxylic acids is 1. The van der Waals surface area contributed by atoms with Crippen molar-refractivity contribution in [3.63, 3.8) is 0 Å². The second-order valence-corrected chi connectivity index (χ2v) is 7.24. The zero-order valence-corrected chi connectivity index (χ0v) is 17.3. The van der Waals surface area contributed by atoms with Crippen LogP contribution >= 0.6 is 0 Å². The molecule has 0 amide bonds. The Balaban J connectivity index is 1.55. The highest BCUT2D eigenvalue weighted by Gasteiger charge is 2.18. The monoisotopic (exact) mass is 426 g/mol. The quantitative estimate of drug-likeness (QED) is 0.438. The van der Waals surface area contributed by atoms with Crippen molar-refractivity contribution in [3.05, 3.63) is 72.2 Å². The first-order chi connectivity index (χ1) is 15.5. The van der Waals surface area contributed by atoms with E-state index >= 15 is 0 Å². The maximum atomic E-state index is 11.7. The number of anilines is 2. The molecule has 0 spiro atoms. The van der Waals surface area contributed by atoms with Crippen molar-refractivity contribution in [2.24, 2.45) is 0 Å². The number of rotatable bonds is 5. The van der Waals surface area contributed by atoms with Crippen LogP contribution in [0.15, 0.2) is 60.8 Å². The maximum absolute atomic E-state index is 11.7. The zero-order chi connectivity index (χ0) is 22.2. The molecule has 32 heavy (non-hydrogen) atoms. The van der Waals surface area contributed by atoms with Crippen molar-refractivity contribution < 1.29 is 9.90 Å². The molecule has 0 saturated carbocycles. The molecule has 0 bridgehead atoms. The lowest BCUT2D eigenvalue weighted by Gasteiger charge is -2.22. The standard InChI is InChI=1S/C22H18N8O2/c1-13-11-19(30-18(21(31)32)12-23-22(30)24-13)29(2)15-9-7-14(8-10-15)16-5-3-4-6-17(16)20-25-27-28-26-20/h3-12H,1-2H3,(H,31,32)(H,25,26,27,28). The number of benzene rings is 2. The molecule has 0 aliphatic carbocycles. The molecule has 0 unspecified atom stereocenters. The normalized spacial score (nSPS) is 11.1. The molecule has 2 aromatic carbocycles. The molecular weight excluding hydrogens is 408 g/mol. The maximum Gasteiger partial charge on any atom is 0.354 e. The predicted octanol–water partition coefficient (Wildman–Crippen LogP) is 3.35. The number of carbonyl (C=O) groups is 1. The SMILES string of the molecule is Cc1cc(N(C)c2ccc(-c3ccccc3-c3nnn[nH]3)cc2)n2c(C(=O)O)cnc2n1. The molecule has 0 aliphatic heterocycles. The summed E-state index contributed by atoms with van der Waals surface area (Å²) in [6, 6.07) is 17.7. The van der Waals surface area contributed by atoms with Crippen molar-refractivity contribution in [1.29, 1.82) is 0 Å². The van der Waals surface area contributed by atoms with Gasteiger partial charge < -0.3 is 10.0 Å². The van der Waals surface area contributed by atoms with Crippen LogP contribution in [0.2, 0.25) is 0 Å². The van der Waals surface area contributed by atoms with Crippen LogP contribution in [0.3, 0.4) is 0 Å². The summed E-state index contributed by atoms with van der Waals surface area (Å²) in [4.78, 5) is 22.1. The summed E-state index contributed by atoms with van der Waals surface area (Å²) in [5, 5.41) is 23.7. The molecule has 5 aromatic rings. The Kier molecular flexibility index (Phi) is 4.59. The van der Waals surface area contributed by atoms with Crippen LogP contribution in [0.4, 0.5) is 11.5 Å². The van der Waals surface area contributed by atoms with Crippen LogP contribution < -0.4 is 4.90 Å². The fourth-order valence-corrected chi connectivity index (χ4v) is 3.70. The zero-order valence-electron chi connectivity index (χ0n) is 17.3. The van der Waals surface area contributed by atoms with Gasteiger partial charge in [-0.15, -0.1) is 5.10 Å². The van der Waals surface area contributed by atoms with E-state index in [4.69, 9.17) is 0 Å². The van der Waals surface area contributed by atoms with E-state index in [1.54, 1.807) is 0 Å².